The van der Waals surface area contributed by atoms with Crippen LogP contribution in [0.25, 0.3) is 0 Å². The third-order valence-electron chi connectivity index (χ3n) is 6.86. The van der Waals surface area contributed by atoms with Gasteiger partial charge < -0.3 is 4.74 Å². The minimum Gasteiger partial charge on any atom is -0.493 e. The number of hydrogen-bond donors (Lipinski definition) is 0. The number of benzene rings is 1. The maximum absolute atomic E-state index is 6.13. The number of hydrogen-bond acceptors (Lipinski definition) is 1. The van der Waals surface area contributed by atoms with Crippen LogP contribution in [0, 0.1) is 48.3 Å². The normalized spacial score (nSPS) is 45.3. The molecule has 5 rings (SSSR count). The molecule has 0 spiro atoms. The zero-order chi connectivity index (χ0) is 14.0. The summed E-state index contributed by atoms with van der Waals surface area (Å²) >= 11 is 0. The molecule has 0 amide bonds. The minimum atomic E-state index is 0.810. The van der Waals surface area contributed by atoms with E-state index in [1.54, 1.807) is 0 Å². The second-order valence-corrected chi connectivity index (χ2v) is 7.89. The lowest BCUT2D eigenvalue weighted by atomic mass is 9.69. The van der Waals surface area contributed by atoms with Gasteiger partial charge in [0.1, 0.15) is 5.75 Å². The molecule has 1 nitrogen and oxygen atoms in total. The molecule has 7 atom stereocenters. The van der Waals surface area contributed by atoms with Gasteiger partial charge >= 0.3 is 0 Å². The molecular weight excluding hydrogens is 256 g/mol. The Morgan fingerprint density at radius 1 is 1.05 bits per heavy atom. The molecule has 3 fully saturated rings. The van der Waals surface area contributed by atoms with Crippen LogP contribution in [0.4, 0.5) is 0 Å². The van der Waals surface area contributed by atoms with Gasteiger partial charge in [-0.05, 0) is 85.3 Å². The Morgan fingerprint density at radius 2 is 1.90 bits per heavy atom. The van der Waals surface area contributed by atoms with Crippen LogP contribution in [-0.2, 0) is 0 Å². The lowest BCUT2D eigenvalue weighted by Gasteiger charge is -2.36. The summed E-state index contributed by atoms with van der Waals surface area (Å²) < 4.78 is 6.13. The van der Waals surface area contributed by atoms with Gasteiger partial charge in [-0.3, -0.25) is 0 Å². The molecule has 0 N–H and O–H groups in total. The number of fused-ring (bicyclic) bond motifs is 9. The van der Waals surface area contributed by atoms with Crippen LogP contribution < -0.4 is 4.74 Å². The van der Waals surface area contributed by atoms with Crippen molar-refractivity contribution < 1.29 is 4.74 Å². The highest BCUT2D eigenvalue weighted by Gasteiger charge is 2.60. The molecule has 1 aromatic rings. The van der Waals surface area contributed by atoms with E-state index in [9.17, 15) is 0 Å². The first-order chi connectivity index (χ1) is 10.3. The molecule has 1 heteroatoms. The molecule has 4 aliphatic carbocycles. The van der Waals surface area contributed by atoms with Crippen molar-refractivity contribution in [1.29, 1.82) is 0 Å². The molecule has 3 saturated carbocycles. The summed E-state index contributed by atoms with van der Waals surface area (Å²) in [5.74, 6) is 7.72. The van der Waals surface area contributed by atoms with Gasteiger partial charge in [0, 0.05) is 0 Å². The first-order valence-electron chi connectivity index (χ1n) is 8.67. The summed E-state index contributed by atoms with van der Waals surface area (Å²) in [5.41, 5.74) is 1.29. The molecule has 0 radical (unpaired) electrons. The summed E-state index contributed by atoms with van der Waals surface area (Å²) in [6, 6.07) is 8.50. The third kappa shape index (κ3) is 1.76. The zero-order valence-corrected chi connectivity index (χ0v) is 12.7. The lowest BCUT2D eigenvalue weighted by molar-refractivity contribution is 0.109. The minimum absolute atomic E-state index is 0.810. The molecule has 7 unspecified atom stereocenters. The number of aryl methyl sites for hydroxylation is 1. The van der Waals surface area contributed by atoms with Crippen molar-refractivity contribution in [3.05, 3.63) is 42.0 Å². The summed E-state index contributed by atoms with van der Waals surface area (Å²) in [5, 5.41) is 0. The van der Waals surface area contributed by atoms with Crippen LogP contribution in [0.3, 0.4) is 0 Å². The van der Waals surface area contributed by atoms with Crippen LogP contribution in [0.5, 0.6) is 5.75 Å². The van der Waals surface area contributed by atoms with Crippen LogP contribution in [0.15, 0.2) is 36.4 Å². The predicted molar refractivity (Wildman–Crippen MR) is 84.1 cm³/mol. The molecule has 21 heavy (non-hydrogen) atoms. The Morgan fingerprint density at radius 3 is 2.76 bits per heavy atom. The maximum atomic E-state index is 6.13. The first-order valence-corrected chi connectivity index (χ1v) is 8.67. The van der Waals surface area contributed by atoms with Crippen molar-refractivity contribution in [3.8, 4) is 5.75 Å². The molecule has 4 bridgehead atoms. The highest BCUT2D eigenvalue weighted by atomic mass is 16.5. The molecule has 0 aromatic heterocycles. The standard InChI is InChI=1S/C20H24O/c1-12-3-2-4-17(7-12)21-11-16-9-15-10-18(16)20-14-6-5-13(8-14)19(15)20/h2-7,13-16,18-20H,8-11H2,1H3. The molecular formula is C20H24O. The Hall–Kier alpha value is -1.24. The average Bonchev–Trinajstić information content (AvgIpc) is 3.23. The van der Waals surface area contributed by atoms with Gasteiger partial charge in [0.25, 0.3) is 0 Å². The van der Waals surface area contributed by atoms with Crippen LogP contribution in [-0.4, -0.2) is 6.61 Å². The zero-order valence-electron chi connectivity index (χ0n) is 12.7. The highest BCUT2D eigenvalue weighted by Crippen LogP contribution is 2.66. The van der Waals surface area contributed by atoms with Gasteiger partial charge in [-0.1, -0.05) is 24.3 Å². The molecule has 0 saturated heterocycles. The van der Waals surface area contributed by atoms with Gasteiger partial charge in [0.05, 0.1) is 6.61 Å². The second-order valence-electron chi connectivity index (χ2n) is 7.89. The molecule has 1 aromatic carbocycles. The van der Waals surface area contributed by atoms with E-state index in [-0.39, 0.29) is 0 Å². The van der Waals surface area contributed by atoms with Crippen molar-refractivity contribution in [2.24, 2.45) is 41.4 Å². The van der Waals surface area contributed by atoms with Gasteiger partial charge in [0.15, 0.2) is 0 Å². The fraction of sp³-hybridized carbons (Fsp3) is 0.600. The van der Waals surface area contributed by atoms with Crippen LogP contribution >= 0.6 is 0 Å². The van der Waals surface area contributed by atoms with Crippen LogP contribution in [0.2, 0.25) is 0 Å². The quantitative estimate of drug-likeness (QED) is 0.586. The van der Waals surface area contributed by atoms with Crippen molar-refractivity contribution in [3.63, 3.8) is 0 Å². The summed E-state index contributed by atoms with van der Waals surface area (Å²) in [7, 11) is 0. The van der Waals surface area contributed by atoms with Gasteiger partial charge in [-0.2, -0.15) is 0 Å². The Kier molecular flexibility index (Phi) is 2.57. The van der Waals surface area contributed by atoms with Crippen molar-refractivity contribution in [2.45, 2.75) is 26.2 Å². The van der Waals surface area contributed by atoms with Gasteiger partial charge in [-0.25, -0.2) is 0 Å². The van der Waals surface area contributed by atoms with Crippen LogP contribution in [0.1, 0.15) is 24.8 Å². The Labute approximate surface area is 127 Å². The van der Waals surface area contributed by atoms with E-state index in [0.29, 0.717) is 0 Å². The SMILES string of the molecule is Cc1cccc(OCC2CC3CC2C2C4C=CC(C4)C32)c1. The predicted octanol–water partition coefficient (Wildman–Crippen LogP) is 4.47. The summed E-state index contributed by atoms with van der Waals surface area (Å²) in [6.07, 6.45) is 9.45. The number of rotatable bonds is 3. The highest BCUT2D eigenvalue weighted by molar-refractivity contribution is 5.27. The summed E-state index contributed by atoms with van der Waals surface area (Å²) in [6.45, 7) is 3.07. The van der Waals surface area contributed by atoms with E-state index in [1.165, 1.54) is 24.8 Å². The van der Waals surface area contributed by atoms with E-state index in [4.69, 9.17) is 4.74 Å². The molecule has 0 aliphatic heterocycles. The van der Waals surface area contributed by atoms with Crippen molar-refractivity contribution >= 4 is 0 Å². The average molecular weight is 280 g/mol. The lowest BCUT2D eigenvalue weighted by Crippen LogP contribution is -2.33. The smallest absolute Gasteiger partial charge is 0.119 e. The monoisotopic (exact) mass is 280 g/mol. The van der Waals surface area contributed by atoms with E-state index in [2.05, 4.69) is 43.3 Å². The molecule has 0 heterocycles. The van der Waals surface area contributed by atoms with Gasteiger partial charge in [0.2, 0.25) is 0 Å². The van der Waals surface area contributed by atoms with E-state index in [1.807, 2.05) is 0 Å². The van der Waals surface area contributed by atoms with Crippen molar-refractivity contribution in [1.82, 2.24) is 0 Å². The topological polar surface area (TPSA) is 9.23 Å². The maximum Gasteiger partial charge on any atom is 0.119 e. The fourth-order valence-electron chi connectivity index (χ4n) is 6.25. The summed E-state index contributed by atoms with van der Waals surface area (Å²) in [4.78, 5) is 0. The third-order valence-corrected chi connectivity index (χ3v) is 6.86. The van der Waals surface area contributed by atoms with E-state index in [0.717, 1.165) is 53.8 Å². The number of ether oxygens (including phenoxy) is 1. The van der Waals surface area contributed by atoms with E-state index >= 15 is 0 Å². The Balaban J connectivity index is 1.29. The second kappa shape index (κ2) is 4.38. The number of allylic oxidation sites excluding steroid dienone is 2. The van der Waals surface area contributed by atoms with E-state index < -0.39 is 0 Å². The van der Waals surface area contributed by atoms with Gasteiger partial charge in [-0.15, -0.1) is 0 Å². The molecule has 110 valence electrons. The molecule has 4 aliphatic rings. The Bertz CT molecular complexity index is 589. The largest absolute Gasteiger partial charge is 0.493 e. The fourth-order valence-corrected chi connectivity index (χ4v) is 6.25. The first kappa shape index (κ1) is 12.3. The van der Waals surface area contributed by atoms with Crippen molar-refractivity contribution in [2.75, 3.05) is 6.61 Å².